The second-order valence-corrected chi connectivity index (χ2v) is 3.43. The van der Waals surface area contributed by atoms with Gasteiger partial charge in [0.15, 0.2) is 0 Å². The van der Waals surface area contributed by atoms with Gasteiger partial charge in [-0.2, -0.15) is 0 Å². The van der Waals surface area contributed by atoms with Crippen LogP contribution in [0.4, 0.5) is 10.1 Å². The fraction of sp³-hybridized carbons (Fsp3) is 0.200. The van der Waals surface area contributed by atoms with Crippen molar-refractivity contribution in [1.29, 1.82) is 0 Å². The normalized spacial score (nSPS) is 9.87. The molecule has 0 aliphatic carbocycles. The van der Waals surface area contributed by atoms with E-state index in [1.807, 2.05) is 0 Å². The maximum absolute atomic E-state index is 12.8. The smallest absolute Gasteiger partial charge is 0.293 e. The van der Waals surface area contributed by atoms with Crippen LogP contribution in [0.2, 0.25) is 5.02 Å². The number of hydrogen-bond donors (Lipinski definition) is 0. The molecule has 3 nitrogen and oxygen atoms in total. The van der Waals surface area contributed by atoms with Crippen LogP contribution in [0, 0.1) is 5.82 Å². The number of anilines is 1. The summed E-state index contributed by atoms with van der Waals surface area (Å²) in [5, 5.41) is -0.0873. The predicted octanol–water partition coefficient (Wildman–Crippen LogP) is 2.03. The molecule has 5 heteroatoms. The molecule has 0 aromatic heterocycles. The molecule has 0 radical (unpaired) electrons. The highest BCUT2D eigenvalue weighted by Gasteiger charge is 2.16. The van der Waals surface area contributed by atoms with Crippen molar-refractivity contribution in [2.24, 2.45) is 0 Å². The first-order valence-corrected chi connectivity index (χ1v) is 4.55. The van der Waals surface area contributed by atoms with Gasteiger partial charge < -0.3 is 4.90 Å². The Hall–Kier alpha value is -1.42. The highest BCUT2D eigenvalue weighted by atomic mass is 35.5. The van der Waals surface area contributed by atoms with E-state index in [-0.39, 0.29) is 5.02 Å². The maximum Gasteiger partial charge on any atom is 0.293 e. The van der Waals surface area contributed by atoms with E-state index in [0.29, 0.717) is 5.69 Å². The first kappa shape index (κ1) is 11.7. The molecule has 0 fully saturated rings. The third-order valence-corrected chi connectivity index (χ3v) is 2.19. The summed E-state index contributed by atoms with van der Waals surface area (Å²) in [6.45, 7) is 1.17. The van der Waals surface area contributed by atoms with Gasteiger partial charge in [-0.05, 0) is 18.2 Å². The molecule has 15 heavy (non-hydrogen) atoms. The van der Waals surface area contributed by atoms with E-state index in [4.69, 9.17) is 11.6 Å². The summed E-state index contributed by atoms with van der Waals surface area (Å²) in [5.74, 6) is -1.82. The number of amides is 1. The molecule has 0 spiro atoms. The molecule has 0 aliphatic rings. The number of carbonyl (C=O) groups excluding carboxylic acids is 2. The first-order valence-electron chi connectivity index (χ1n) is 4.17. The minimum atomic E-state index is -0.669. The van der Waals surface area contributed by atoms with Crippen LogP contribution in [0.1, 0.15) is 6.92 Å². The topological polar surface area (TPSA) is 37.4 Å². The van der Waals surface area contributed by atoms with Crippen molar-refractivity contribution in [3.05, 3.63) is 29.0 Å². The fourth-order valence-corrected chi connectivity index (χ4v) is 1.22. The van der Waals surface area contributed by atoms with Crippen LogP contribution in [0.25, 0.3) is 0 Å². The van der Waals surface area contributed by atoms with E-state index in [0.717, 1.165) is 11.0 Å². The van der Waals surface area contributed by atoms with Gasteiger partial charge in [-0.25, -0.2) is 4.39 Å². The summed E-state index contributed by atoms with van der Waals surface area (Å²) < 4.78 is 12.8. The van der Waals surface area contributed by atoms with Gasteiger partial charge in [0.1, 0.15) is 5.82 Å². The summed E-state index contributed by atoms with van der Waals surface area (Å²) in [5.41, 5.74) is 0.376. The molecule has 0 atom stereocenters. The second kappa shape index (κ2) is 4.40. The number of benzene rings is 1. The third-order valence-electron chi connectivity index (χ3n) is 1.90. The van der Waals surface area contributed by atoms with Gasteiger partial charge in [0.25, 0.3) is 5.91 Å². The quantitative estimate of drug-likeness (QED) is 0.728. The predicted molar refractivity (Wildman–Crippen MR) is 55.5 cm³/mol. The molecule has 0 heterocycles. The molecule has 1 rings (SSSR count). The summed E-state index contributed by atoms with van der Waals surface area (Å²) in [6.07, 6.45) is 0. The lowest BCUT2D eigenvalue weighted by Gasteiger charge is -2.15. The van der Waals surface area contributed by atoms with Crippen LogP contribution < -0.4 is 4.90 Å². The van der Waals surface area contributed by atoms with E-state index in [2.05, 4.69) is 0 Å². The van der Waals surface area contributed by atoms with E-state index in [9.17, 15) is 14.0 Å². The Balaban J connectivity index is 3.02. The van der Waals surface area contributed by atoms with E-state index >= 15 is 0 Å². The second-order valence-electron chi connectivity index (χ2n) is 3.02. The molecule has 0 bridgehead atoms. The van der Waals surface area contributed by atoms with Crippen molar-refractivity contribution in [2.75, 3.05) is 11.9 Å². The first-order chi connectivity index (χ1) is 6.93. The zero-order valence-corrected chi connectivity index (χ0v) is 9.01. The molecule has 0 aliphatic heterocycles. The Morgan fingerprint density at radius 1 is 1.40 bits per heavy atom. The standard InChI is InChI=1S/C10H9ClFNO2/c1-6(14)10(15)13(2)7-3-4-9(12)8(11)5-7/h3-5H,1-2H3. The molecule has 0 N–H and O–H groups in total. The number of ketones is 1. The van der Waals surface area contributed by atoms with Crippen molar-refractivity contribution < 1.29 is 14.0 Å². The van der Waals surface area contributed by atoms with Crippen LogP contribution in [0.15, 0.2) is 18.2 Å². The molecular weight excluding hydrogens is 221 g/mol. The van der Waals surface area contributed by atoms with Gasteiger partial charge in [0.2, 0.25) is 5.78 Å². The van der Waals surface area contributed by atoms with Crippen LogP contribution >= 0.6 is 11.6 Å². The van der Waals surface area contributed by atoms with Gasteiger partial charge in [0.05, 0.1) is 5.02 Å². The molecule has 80 valence electrons. The lowest BCUT2D eigenvalue weighted by molar-refractivity contribution is -0.134. The van der Waals surface area contributed by atoms with E-state index < -0.39 is 17.5 Å². The van der Waals surface area contributed by atoms with Crippen molar-refractivity contribution in [3.8, 4) is 0 Å². The Morgan fingerprint density at radius 2 is 2.00 bits per heavy atom. The third kappa shape index (κ3) is 2.53. The van der Waals surface area contributed by atoms with Crippen LogP contribution in [0.5, 0.6) is 0 Å². The summed E-state index contributed by atoms with van der Waals surface area (Å²) in [6, 6.07) is 3.81. The average molecular weight is 230 g/mol. The van der Waals surface area contributed by atoms with Crippen LogP contribution in [-0.4, -0.2) is 18.7 Å². The van der Waals surface area contributed by atoms with Crippen LogP contribution in [-0.2, 0) is 9.59 Å². The highest BCUT2D eigenvalue weighted by molar-refractivity contribution is 6.40. The van der Waals surface area contributed by atoms with E-state index in [1.54, 1.807) is 0 Å². The number of rotatable bonds is 2. The van der Waals surface area contributed by atoms with Crippen molar-refractivity contribution in [2.45, 2.75) is 6.92 Å². The monoisotopic (exact) mass is 229 g/mol. The molecular formula is C10H9ClFNO2. The summed E-state index contributed by atoms with van der Waals surface area (Å²) >= 11 is 5.54. The van der Waals surface area contributed by atoms with Crippen molar-refractivity contribution >= 4 is 29.0 Å². The zero-order chi connectivity index (χ0) is 11.6. The number of Topliss-reactive ketones (excluding diaryl/α,β-unsaturated/α-hetero) is 1. The van der Waals surface area contributed by atoms with Gasteiger partial charge in [-0.3, -0.25) is 9.59 Å². The number of nitrogens with zero attached hydrogens (tertiary/aromatic N) is 1. The SMILES string of the molecule is CC(=O)C(=O)N(C)c1ccc(F)c(Cl)c1. The Kier molecular flexibility index (Phi) is 3.42. The van der Waals surface area contributed by atoms with Gasteiger partial charge in [-0.1, -0.05) is 11.6 Å². The van der Waals surface area contributed by atoms with Gasteiger partial charge >= 0.3 is 0 Å². The molecule has 0 saturated heterocycles. The lowest BCUT2D eigenvalue weighted by atomic mass is 10.2. The number of likely N-dealkylation sites (N-methyl/N-ethyl adjacent to an activating group) is 1. The summed E-state index contributed by atoms with van der Waals surface area (Å²) in [4.78, 5) is 23.2. The number of halogens is 2. The Bertz CT molecular complexity index is 420. The van der Waals surface area contributed by atoms with Gasteiger partial charge in [0, 0.05) is 19.7 Å². The largest absolute Gasteiger partial charge is 0.309 e. The van der Waals surface area contributed by atoms with Crippen molar-refractivity contribution in [1.82, 2.24) is 0 Å². The molecule has 1 amide bonds. The average Bonchev–Trinajstić information content (AvgIpc) is 2.19. The molecule has 1 aromatic carbocycles. The molecule has 1 aromatic rings. The number of hydrogen-bond acceptors (Lipinski definition) is 2. The van der Waals surface area contributed by atoms with E-state index in [1.165, 1.54) is 26.1 Å². The Labute approximate surface area is 91.4 Å². The minimum Gasteiger partial charge on any atom is -0.309 e. The minimum absolute atomic E-state index is 0.0873. The van der Waals surface area contributed by atoms with Gasteiger partial charge in [-0.15, -0.1) is 0 Å². The highest BCUT2D eigenvalue weighted by Crippen LogP contribution is 2.21. The molecule has 0 unspecified atom stereocenters. The fourth-order valence-electron chi connectivity index (χ4n) is 1.05. The Morgan fingerprint density at radius 3 is 2.47 bits per heavy atom. The lowest BCUT2D eigenvalue weighted by Crippen LogP contribution is -2.31. The molecule has 0 saturated carbocycles. The number of carbonyl (C=O) groups is 2. The van der Waals surface area contributed by atoms with Crippen molar-refractivity contribution in [3.63, 3.8) is 0 Å². The van der Waals surface area contributed by atoms with Crippen LogP contribution in [0.3, 0.4) is 0 Å². The maximum atomic E-state index is 12.8. The summed E-state index contributed by atoms with van der Waals surface area (Å²) in [7, 11) is 1.42. The zero-order valence-electron chi connectivity index (χ0n) is 8.25.